The van der Waals surface area contributed by atoms with E-state index in [0.29, 0.717) is 6.61 Å². The number of rotatable bonds is 4. The van der Waals surface area contributed by atoms with E-state index in [0.717, 1.165) is 42.6 Å². The number of nitrogens with one attached hydrogen (secondary N) is 2. The van der Waals surface area contributed by atoms with Crippen LogP contribution in [0, 0.1) is 0 Å². The first kappa shape index (κ1) is 16.4. The Morgan fingerprint density at radius 2 is 2.12 bits per heavy atom. The summed E-state index contributed by atoms with van der Waals surface area (Å²) in [7, 11) is 1.78. The number of pyridine rings is 1. The van der Waals surface area contributed by atoms with E-state index >= 15 is 0 Å². The van der Waals surface area contributed by atoms with Crippen LogP contribution in [0.15, 0.2) is 53.7 Å². The lowest BCUT2D eigenvalue weighted by atomic mass is 10.0. The van der Waals surface area contributed by atoms with Crippen LogP contribution in [0.5, 0.6) is 5.75 Å². The third-order valence-corrected chi connectivity index (χ3v) is 4.52. The van der Waals surface area contributed by atoms with Crippen molar-refractivity contribution in [2.45, 2.75) is 18.9 Å². The maximum atomic E-state index is 5.72. The zero-order valence-corrected chi connectivity index (χ0v) is 14.7. The number of hydrogen-bond acceptors (Lipinski definition) is 4. The lowest BCUT2D eigenvalue weighted by molar-refractivity contribution is 0.261. The second-order valence-corrected chi connectivity index (χ2v) is 6.17. The van der Waals surface area contributed by atoms with E-state index in [1.807, 2.05) is 47.0 Å². The molecule has 2 N–H and O–H groups in total. The first-order valence-electron chi connectivity index (χ1n) is 8.82. The number of para-hydroxylation sites is 1. The third-order valence-electron chi connectivity index (χ3n) is 4.52. The summed E-state index contributed by atoms with van der Waals surface area (Å²) >= 11 is 0. The summed E-state index contributed by atoms with van der Waals surface area (Å²) < 4.78 is 7.73. The Morgan fingerprint density at radius 3 is 3.04 bits per heavy atom. The predicted molar refractivity (Wildman–Crippen MR) is 100 cm³/mol. The van der Waals surface area contributed by atoms with Crippen molar-refractivity contribution in [1.82, 2.24) is 25.2 Å². The molecule has 0 spiro atoms. The molecule has 7 heteroatoms. The maximum absolute atomic E-state index is 5.72. The van der Waals surface area contributed by atoms with Crippen molar-refractivity contribution in [2.75, 3.05) is 20.2 Å². The monoisotopic (exact) mass is 350 g/mol. The van der Waals surface area contributed by atoms with Crippen LogP contribution in [0.25, 0.3) is 5.65 Å². The smallest absolute Gasteiger partial charge is 0.191 e. The van der Waals surface area contributed by atoms with E-state index < -0.39 is 0 Å². The Kier molecular flexibility index (Phi) is 4.68. The average Bonchev–Trinajstić information content (AvgIpc) is 3.10. The standard InChI is InChI=1S/C19H22N6O/c1-20-19(22-15-10-13-26-16-7-3-2-6-14(15)16)21-11-9-18-24-23-17-8-4-5-12-25(17)18/h2-8,12,15H,9-11,13H2,1H3,(H2,20,21,22). The summed E-state index contributed by atoms with van der Waals surface area (Å²) in [5, 5.41) is 15.3. The number of guanidine groups is 1. The van der Waals surface area contributed by atoms with Gasteiger partial charge >= 0.3 is 0 Å². The molecule has 1 aromatic carbocycles. The molecule has 134 valence electrons. The highest BCUT2D eigenvalue weighted by Gasteiger charge is 2.21. The Hall–Kier alpha value is -3.09. The van der Waals surface area contributed by atoms with E-state index in [1.54, 1.807) is 7.05 Å². The first-order valence-corrected chi connectivity index (χ1v) is 8.82. The molecule has 4 rings (SSSR count). The summed E-state index contributed by atoms with van der Waals surface area (Å²) in [6.45, 7) is 1.43. The Bertz CT molecular complexity index is 919. The zero-order chi connectivity index (χ0) is 17.8. The van der Waals surface area contributed by atoms with Crippen molar-refractivity contribution in [1.29, 1.82) is 0 Å². The molecule has 1 aliphatic heterocycles. The van der Waals surface area contributed by atoms with E-state index in [2.05, 4.69) is 31.9 Å². The number of fused-ring (bicyclic) bond motifs is 2. The molecule has 2 aromatic heterocycles. The van der Waals surface area contributed by atoms with Gasteiger partial charge < -0.3 is 15.4 Å². The molecule has 3 heterocycles. The molecule has 1 aliphatic rings. The highest BCUT2D eigenvalue weighted by molar-refractivity contribution is 5.80. The molecular formula is C19H22N6O. The Labute approximate surface area is 152 Å². The van der Waals surface area contributed by atoms with Crippen LogP contribution in [0.1, 0.15) is 23.9 Å². The lowest BCUT2D eigenvalue weighted by Gasteiger charge is -2.28. The molecule has 0 saturated carbocycles. The number of nitrogens with zero attached hydrogens (tertiary/aromatic N) is 4. The Morgan fingerprint density at radius 1 is 1.23 bits per heavy atom. The van der Waals surface area contributed by atoms with Crippen molar-refractivity contribution in [3.63, 3.8) is 0 Å². The van der Waals surface area contributed by atoms with Gasteiger partial charge in [-0.05, 0) is 18.2 Å². The highest BCUT2D eigenvalue weighted by atomic mass is 16.5. The molecule has 3 aromatic rings. The summed E-state index contributed by atoms with van der Waals surface area (Å²) in [6, 6.07) is 14.2. The summed E-state index contributed by atoms with van der Waals surface area (Å²) in [5.74, 6) is 2.65. The van der Waals surface area contributed by atoms with E-state index in [1.165, 1.54) is 5.56 Å². The molecule has 0 aliphatic carbocycles. The largest absolute Gasteiger partial charge is 0.493 e. The van der Waals surface area contributed by atoms with Crippen LogP contribution >= 0.6 is 0 Å². The van der Waals surface area contributed by atoms with E-state index in [-0.39, 0.29) is 6.04 Å². The minimum atomic E-state index is 0.195. The van der Waals surface area contributed by atoms with Crippen LogP contribution in [0.4, 0.5) is 0 Å². The van der Waals surface area contributed by atoms with Crippen LogP contribution in [-0.2, 0) is 6.42 Å². The molecule has 0 radical (unpaired) electrons. The van der Waals surface area contributed by atoms with Gasteiger partial charge in [0.15, 0.2) is 11.6 Å². The van der Waals surface area contributed by atoms with Gasteiger partial charge in [0, 0.05) is 38.2 Å². The molecule has 26 heavy (non-hydrogen) atoms. The van der Waals surface area contributed by atoms with Gasteiger partial charge in [0.2, 0.25) is 0 Å². The number of hydrogen-bond donors (Lipinski definition) is 2. The second-order valence-electron chi connectivity index (χ2n) is 6.17. The molecule has 7 nitrogen and oxygen atoms in total. The maximum Gasteiger partial charge on any atom is 0.191 e. The SMILES string of the molecule is CN=C(NCCc1nnc2ccccn12)NC1CCOc2ccccc21. The fourth-order valence-corrected chi connectivity index (χ4v) is 3.21. The van der Waals surface area contributed by atoms with Crippen LogP contribution in [0.2, 0.25) is 0 Å². The van der Waals surface area contributed by atoms with E-state index in [9.17, 15) is 0 Å². The molecule has 1 atom stereocenters. The van der Waals surface area contributed by atoms with Gasteiger partial charge in [0.1, 0.15) is 11.6 Å². The van der Waals surface area contributed by atoms with Crippen LogP contribution < -0.4 is 15.4 Å². The molecule has 0 bridgehead atoms. The molecular weight excluding hydrogens is 328 g/mol. The quantitative estimate of drug-likeness (QED) is 0.556. The Balaban J connectivity index is 1.37. The van der Waals surface area contributed by atoms with Crippen molar-refractivity contribution in [3.05, 3.63) is 60.0 Å². The molecule has 1 unspecified atom stereocenters. The van der Waals surface area contributed by atoms with Gasteiger partial charge in [-0.3, -0.25) is 9.39 Å². The number of ether oxygens (including phenoxy) is 1. The highest BCUT2D eigenvalue weighted by Crippen LogP contribution is 2.31. The van der Waals surface area contributed by atoms with Crippen molar-refractivity contribution < 1.29 is 4.74 Å². The van der Waals surface area contributed by atoms with Crippen molar-refractivity contribution in [3.8, 4) is 5.75 Å². The fraction of sp³-hybridized carbons (Fsp3) is 0.316. The number of benzene rings is 1. The minimum Gasteiger partial charge on any atom is -0.493 e. The predicted octanol–water partition coefficient (Wildman–Crippen LogP) is 1.96. The topological polar surface area (TPSA) is 75.8 Å². The summed E-state index contributed by atoms with van der Waals surface area (Å²) in [5.41, 5.74) is 2.04. The minimum absolute atomic E-state index is 0.195. The number of aromatic nitrogens is 3. The van der Waals surface area contributed by atoms with Crippen molar-refractivity contribution in [2.24, 2.45) is 4.99 Å². The molecule has 0 amide bonds. The van der Waals surface area contributed by atoms with Crippen LogP contribution in [0.3, 0.4) is 0 Å². The fourth-order valence-electron chi connectivity index (χ4n) is 3.21. The van der Waals surface area contributed by atoms with Gasteiger partial charge in [0.05, 0.1) is 12.6 Å². The lowest BCUT2D eigenvalue weighted by Crippen LogP contribution is -2.41. The molecule has 0 saturated heterocycles. The molecule has 0 fully saturated rings. The zero-order valence-electron chi connectivity index (χ0n) is 14.7. The van der Waals surface area contributed by atoms with Crippen molar-refractivity contribution >= 4 is 11.6 Å². The van der Waals surface area contributed by atoms with Crippen LogP contribution in [-0.4, -0.2) is 40.8 Å². The second kappa shape index (κ2) is 7.43. The average molecular weight is 350 g/mol. The van der Waals surface area contributed by atoms with Gasteiger partial charge in [0.25, 0.3) is 0 Å². The normalized spacial score (nSPS) is 16.8. The number of aliphatic imine (C=N–C) groups is 1. The first-order chi connectivity index (χ1) is 12.8. The van der Waals surface area contributed by atoms with Gasteiger partial charge in [-0.25, -0.2) is 0 Å². The van der Waals surface area contributed by atoms with Gasteiger partial charge in [-0.2, -0.15) is 0 Å². The summed E-state index contributed by atoms with van der Waals surface area (Å²) in [4.78, 5) is 4.35. The van der Waals surface area contributed by atoms with Gasteiger partial charge in [-0.15, -0.1) is 10.2 Å². The summed E-state index contributed by atoms with van der Waals surface area (Å²) in [6.07, 6.45) is 3.65. The van der Waals surface area contributed by atoms with E-state index in [4.69, 9.17) is 4.74 Å². The third kappa shape index (κ3) is 3.33. The van der Waals surface area contributed by atoms with Gasteiger partial charge in [-0.1, -0.05) is 24.3 Å².